The van der Waals surface area contributed by atoms with Crippen LogP contribution >= 0.6 is 15.9 Å². The quantitative estimate of drug-likeness (QED) is 0.868. The Labute approximate surface area is 124 Å². The number of aliphatic hydroxyl groups excluding tert-OH is 1. The predicted molar refractivity (Wildman–Crippen MR) is 82.3 cm³/mol. The molecule has 0 amide bonds. The molecule has 1 aromatic heterocycles. The second-order valence-electron chi connectivity index (χ2n) is 5.64. The van der Waals surface area contributed by atoms with Crippen molar-refractivity contribution in [2.75, 3.05) is 13.1 Å². The van der Waals surface area contributed by atoms with Gasteiger partial charge < -0.3 is 5.11 Å². The zero-order valence-electron chi connectivity index (χ0n) is 12.8. The van der Waals surface area contributed by atoms with Crippen molar-refractivity contribution in [2.45, 2.75) is 59.2 Å². The summed E-state index contributed by atoms with van der Waals surface area (Å²) in [4.78, 5) is 2.27. The van der Waals surface area contributed by atoms with E-state index in [0.717, 1.165) is 23.3 Å². The molecule has 0 aliphatic carbocycles. The molecule has 1 heterocycles. The highest BCUT2D eigenvalue weighted by molar-refractivity contribution is 9.10. The lowest BCUT2D eigenvalue weighted by molar-refractivity contribution is -0.0121. The first-order valence-electron chi connectivity index (χ1n) is 6.93. The minimum Gasteiger partial charge on any atom is -0.385 e. The number of aliphatic hydroxyl groups is 1. The number of hydrogen-bond donors (Lipinski definition) is 1. The van der Waals surface area contributed by atoms with Crippen LogP contribution in [0.5, 0.6) is 0 Å². The molecule has 0 bridgehead atoms. The predicted octanol–water partition coefficient (Wildman–Crippen LogP) is 3.38. The van der Waals surface area contributed by atoms with Crippen molar-refractivity contribution in [3.63, 3.8) is 0 Å². The zero-order chi connectivity index (χ0) is 14.8. The van der Waals surface area contributed by atoms with E-state index in [9.17, 15) is 5.11 Å². The summed E-state index contributed by atoms with van der Waals surface area (Å²) in [6.07, 6.45) is 1.17. The van der Waals surface area contributed by atoms with Crippen molar-refractivity contribution in [3.05, 3.63) is 16.4 Å². The van der Waals surface area contributed by atoms with E-state index in [2.05, 4.69) is 67.5 Å². The Bertz CT molecular complexity index is 411. The van der Waals surface area contributed by atoms with Gasteiger partial charge >= 0.3 is 0 Å². The molecule has 0 aliphatic rings. The number of halogens is 1. The molecule has 0 aliphatic heterocycles. The number of likely N-dealkylation sites (N-methyl/N-ethyl adjacent to an activating group) is 1. The van der Waals surface area contributed by atoms with Crippen LogP contribution in [0.4, 0.5) is 0 Å². The lowest BCUT2D eigenvalue weighted by Gasteiger charge is -2.41. The second kappa shape index (κ2) is 6.37. The van der Waals surface area contributed by atoms with Gasteiger partial charge in [0.05, 0.1) is 16.4 Å². The molecule has 19 heavy (non-hydrogen) atoms. The van der Waals surface area contributed by atoms with Crippen molar-refractivity contribution in [2.24, 2.45) is 0 Å². The van der Waals surface area contributed by atoms with Crippen LogP contribution in [-0.4, -0.2) is 38.4 Å². The van der Waals surface area contributed by atoms with Crippen LogP contribution in [0.15, 0.2) is 10.7 Å². The highest BCUT2D eigenvalue weighted by atomic mass is 79.9. The molecule has 1 aromatic rings. The lowest BCUT2D eigenvalue weighted by Crippen LogP contribution is -2.48. The van der Waals surface area contributed by atoms with E-state index in [1.807, 2.05) is 4.68 Å². The van der Waals surface area contributed by atoms with Crippen LogP contribution in [0.2, 0.25) is 0 Å². The van der Waals surface area contributed by atoms with E-state index in [1.165, 1.54) is 0 Å². The molecule has 0 spiro atoms. The van der Waals surface area contributed by atoms with Crippen molar-refractivity contribution in [1.29, 1.82) is 0 Å². The molecule has 1 rings (SSSR count). The van der Waals surface area contributed by atoms with E-state index < -0.39 is 6.10 Å². The molecule has 0 fully saturated rings. The Balaban J connectivity index is 3.18. The zero-order valence-corrected chi connectivity index (χ0v) is 14.4. The van der Waals surface area contributed by atoms with E-state index in [4.69, 9.17) is 0 Å². The Morgan fingerprint density at radius 1 is 1.37 bits per heavy atom. The van der Waals surface area contributed by atoms with Gasteiger partial charge in [-0.1, -0.05) is 13.8 Å². The van der Waals surface area contributed by atoms with Gasteiger partial charge in [-0.15, -0.1) is 0 Å². The topological polar surface area (TPSA) is 41.3 Å². The minimum atomic E-state index is -0.591. The third kappa shape index (κ3) is 3.20. The molecule has 110 valence electrons. The Kier molecular flexibility index (Phi) is 5.59. The summed E-state index contributed by atoms with van der Waals surface area (Å²) in [6, 6.07) is 0.225. The summed E-state index contributed by atoms with van der Waals surface area (Å²) < 4.78 is 2.76. The molecule has 1 N–H and O–H groups in total. The molecule has 0 saturated heterocycles. The van der Waals surface area contributed by atoms with E-state index in [-0.39, 0.29) is 11.6 Å². The number of aromatic nitrogens is 2. The number of nitrogens with zero attached hydrogens (tertiary/aromatic N) is 3. The van der Waals surface area contributed by atoms with Gasteiger partial charge in [-0.05, 0) is 56.7 Å². The Morgan fingerprint density at radius 2 is 1.89 bits per heavy atom. The smallest absolute Gasteiger partial charge is 0.115 e. The van der Waals surface area contributed by atoms with Gasteiger partial charge in [0.1, 0.15) is 6.10 Å². The van der Waals surface area contributed by atoms with Crippen molar-refractivity contribution in [3.8, 4) is 0 Å². The average Bonchev–Trinajstić information content (AvgIpc) is 2.71. The molecular weight excluding hydrogens is 306 g/mol. The van der Waals surface area contributed by atoms with Gasteiger partial charge in [0.15, 0.2) is 0 Å². The van der Waals surface area contributed by atoms with Gasteiger partial charge in [-0.2, -0.15) is 5.10 Å². The van der Waals surface area contributed by atoms with Crippen LogP contribution < -0.4 is 0 Å². The molecule has 0 aromatic carbocycles. The summed E-state index contributed by atoms with van der Waals surface area (Å²) in [5.41, 5.74) is 0.519. The summed E-state index contributed by atoms with van der Waals surface area (Å²) in [7, 11) is 0. The fraction of sp³-hybridized carbons (Fsp3) is 0.786. The molecule has 1 atom stereocenters. The maximum Gasteiger partial charge on any atom is 0.115 e. The number of hydrogen-bond acceptors (Lipinski definition) is 3. The Hall–Kier alpha value is -0.390. The van der Waals surface area contributed by atoms with Crippen LogP contribution in [0.1, 0.15) is 59.4 Å². The first-order valence-corrected chi connectivity index (χ1v) is 7.72. The molecular formula is C14H26BrN3O. The molecule has 0 saturated carbocycles. The molecule has 1 unspecified atom stereocenters. The maximum atomic E-state index is 10.8. The fourth-order valence-electron chi connectivity index (χ4n) is 2.56. The molecule has 0 radical (unpaired) electrons. The molecule has 4 nitrogen and oxygen atoms in total. The standard InChI is InChI=1S/C14H26BrN3O/c1-7-17(8-2)14(5,6)13(19)12-11(15)9-16-18(12)10(3)4/h9-10,13,19H,7-8H2,1-6H3. The third-order valence-corrected chi connectivity index (χ3v) is 4.39. The highest BCUT2D eigenvalue weighted by Gasteiger charge is 2.37. The van der Waals surface area contributed by atoms with E-state index >= 15 is 0 Å². The first-order chi connectivity index (χ1) is 8.77. The van der Waals surface area contributed by atoms with Crippen molar-refractivity contribution >= 4 is 15.9 Å². The lowest BCUT2D eigenvalue weighted by atomic mass is 9.92. The normalized spacial score (nSPS) is 14.4. The SMILES string of the molecule is CCN(CC)C(C)(C)C(O)c1c(Br)cnn1C(C)C. The minimum absolute atomic E-state index is 0.225. The first kappa shape index (κ1) is 16.7. The van der Waals surface area contributed by atoms with Crippen molar-refractivity contribution < 1.29 is 5.11 Å². The third-order valence-electron chi connectivity index (χ3n) is 3.78. The second-order valence-corrected chi connectivity index (χ2v) is 6.50. The maximum absolute atomic E-state index is 10.8. The van der Waals surface area contributed by atoms with Gasteiger partial charge in [0.2, 0.25) is 0 Å². The van der Waals surface area contributed by atoms with E-state index in [1.54, 1.807) is 6.20 Å². The Morgan fingerprint density at radius 3 is 2.32 bits per heavy atom. The van der Waals surface area contributed by atoms with Crippen LogP contribution in [0, 0.1) is 0 Å². The summed E-state index contributed by atoms with van der Waals surface area (Å²) in [5.74, 6) is 0. The summed E-state index contributed by atoms with van der Waals surface area (Å²) >= 11 is 3.51. The summed E-state index contributed by atoms with van der Waals surface area (Å²) in [5, 5.41) is 15.2. The van der Waals surface area contributed by atoms with Gasteiger partial charge in [0.25, 0.3) is 0 Å². The van der Waals surface area contributed by atoms with Crippen molar-refractivity contribution in [1.82, 2.24) is 14.7 Å². The fourth-order valence-corrected chi connectivity index (χ4v) is 3.05. The largest absolute Gasteiger partial charge is 0.385 e. The van der Waals surface area contributed by atoms with Crippen LogP contribution in [-0.2, 0) is 0 Å². The number of rotatable bonds is 6. The molecule has 5 heteroatoms. The summed E-state index contributed by atoms with van der Waals surface area (Å²) in [6.45, 7) is 14.4. The van der Waals surface area contributed by atoms with E-state index in [0.29, 0.717) is 0 Å². The van der Waals surface area contributed by atoms with Crippen LogP contribution in [0.3, 0.4) is 0 Å². The van der Waals surface area contributed by atoms with Gasteiger partial charge in [-0.3, -0.25) is 9.58 Å². The van der Waals surface area contributed by atoms with Crippen LogP contribution in [0.25, 0.3) is 0 Å². The van der Waals surface area contributed by atoms with Gasteiger partial charge in [0, 0.05) is 11.6 Å². The van der Waals surface area contributed by atoms with Gasteiger partial charge in [-0.25, -0.2) is 0 Å². The highest BCUT2D eigenvalue weighted by Crippen LogP contribution is 2.35. The monoisotopic (exact) mass is 331 g/mol. The average molecular weight is 332 g/mol.